The van der Waals surface area contributed by atoms with Gasteiger partial charge in [-0.15, -0.1) is 18.2 Å². The van der Waals surface area contributed by atoms with E-state index in [1.165, 1.54) is 60.0 Å². The molecule has 1 aliphatic rings. The van der Waals surface area contributed by atoms with Crippen LogP contribution >= 0.6 is 0 Å². The predicted molar refractivity (Wildman–Crippen MR) is 266 cm³/mol. The molecule has 0 aliphatic heterocycles. The number of aromatic nitrogens is 4. The van der Waals surface area contributed by atoms with E-state index < -0.39 is 13.3 Å². The van der Waals surface area contributed by atoms with Crippen molar-refractivity contribution in [3.63, 3.8) is 0 Å². The minimum absolute atomic E-state index is 0. The Hall–Kier alpha value is -5.14. The molecule has 0 atom stereocenters. The third-order valence-electron chi connectivity index (χ3n) is 12.7. The molecule has 7 heteroatoms. The Kier molecular flexibility index (Phi) is 13.6. The van der Waals surface area contributed by atoms with Gasteiger partial charge in [0.1, 0.15) is 0 Å². The molecule has 64 heavy (non-hydrogen) atoms. The van der Waals surface area contributed by atoms with E-state index in [2.05, 4.69) is 164 Å². The molecule has 0 saturated heterocycles. The number of para-hydroxylation sites is 2. The van der Waals surface area contributed by atoms with E-state index in [0.717, 1.165) is 61.6 Å². The molecule has 327 valence electrons. The summed E-state index contributed by atoms with van der Waals surface area (Å²) in [6, 6.07) is 49.3. The van der Waals surface area contributed by atoms with Crippen molar-refractivity contribution in [1.82, 2.24) is 19.5 Å². The van der Waals surface area contributed by atoms with Crippen molar-refractivity contribution >= 4 is 50.8 Å². The second-order valence-electron chi connectivity index (χ2n) is 19.0. The fraction of sp³-hybridized carbons (Fsp3) is 0.281. The van der Waals surface area contributed by atoms with Crippen LogP contribution in [-0.2, 0) is 26.5 Å². The van der Waals surface area contributed by atoms with E-state index in [1.807, 2.05) is 37.3 Å². The summed E-state index contributed by atoms with van der Waals surface area (Å²) in [5, 5.41) is 2.02. The molecule has 5 nitrogen and oxygen atoms in total. The van der Waals surface area contributed by atoms with E-state index in [4.69, 9.17) is 14.4 Å². The number of rotatable bonds is 9. The van der Waals surface area contributed by atoms with Crippen molar-refractivity contribution in [1.29, 1.82) is 0 Å². The summed E-state index contributed by atoms with van der Waals surface area (Å²) in [5.41, 5.74) is 15.2. The van der Waals surface area contributed by atoms with Gasteiger partial charge >= 0.3 is 137 Å². The van der Waals surface area contributed by atoms with E-state index in [1.54, 1.807) is 9.96 Å². The summed E-state index contributed by atoms with van der Waals surface area (Å²) in [4.78, 5) is 14.7. The second kappa shape index (κ2) is 19.1. The van der Waals surface area contributed by atoms with Gasteiger partial charge in [0, 0.05) is 36.9 Å². The van der Waals surface area contributed by atoms with Crippen LogP contribution in [0.4, 0.5) is 0 Å². The van der Waals surface area contributed by atoms with Crippen molar-refractivity contribution in [2.75, 3.05) is 0 Å². The molecular weight excluding hydrogens is 1020 g/mol. The van der Waals surface area contributed by atoms with Crippen molar-refractivity contribution in [2.45, 2.75) is 95.8 Å². The monoisotopic (exact) mass is 1080 g/mol. The first-order valence-corrected chi connectivity index (χ1v) is 30.2. The van der Waals surface area contributed by atoms with Crippen molar-refractivity contribution in [3.8, 4) is 39.5 Å². The Morgan fingerprint density at radius 3 is 2.12 bits per heavy atom. The maximum atomic E-state index is 6.44. The summed E-state index contributed by atoms with van der Waals surface area (Å²) in [7, 11) is 0. The minimum atomic E-state index is -1.87. The Morgan fingerprint density at radius 2 is 1.44 bits per heavy atom. The molecule has 10 rings (SSSR count). The van der Waals surface area contributed by atoms with E-state index in [-0.39, 0.29) is 20.1 Å². The van der Waals surface area contributed by atoms with Crippen LogP contribution in [0.25, 0.3) is 72.6 Å². The largest absolute Gasteiger partial charge is 0 e. The van der Waals surface area contributed by atoms with Crippen molar-refractivity contribution < 1.29 is 24.5 Å². The molecule has 0 spiro atoms. The summed E-state index contributed by atoms with van der Waals surface area (Å²) in [6.45, 7) is 11.1. The molecule has 4 aromatic heterocycles. The molecule has 1 saturated carbocycles. The quantitative estimate of drug-likeness (QED) is 0.107. The predicted octanol–water partition coefficient (Wildman–Crippen LogP) is 14.8. The Labute approximate surface area is 395 Å². The third-order valence-corrected chi connectivity index (χ3v) is 17.1. The van der Waals surface area contributed by atoms with Crippen LogP contribution in [0.2, 0.25) is 17.3 Å². The van der Waals surface area contributed by atoms with E-state index >= 15 is 0 Å². The van der Waals surface area contributed by atoms with Gasteiger partial charge in [0.25, 0.3) is 0 Å². The van der Waals surface area contributed by atoms with Crippen LogP contribution in [0.5, 0.6) is 0 Å². The third kappa shape index (κ3) is 9.20. The molecule has 0 bridgehead atoms. The Bertz CT molecular complexity index is 3020. The van der Waals surface area contributed by atoms with Crippen LogP contribution in [0.1, 0.15) is 87.6 Å². The second-order valence-corrected chi connectivity index (χ2v) is 29.6. The number of aryl methyl sites for hydroxylation is 1. The standard InChI is InChI=1S/C37H32N3O.C20H26GeN.Ir/c1-22(2)30-20-26(25-12-7-6-8-13-25)21-31(23(3)4)34(30)40-33-17-10-9-16-32(33)39-36(40)29-15-11-14-27-28-19-18-24(5)38-37(28)41-35(27)29;1-21(2,3)19-15-22-20(17-11-5-4-6-12-17)14-18(19)13-16-9-7-8-10-16;/h6-14,16-23H,1-5H3;4-6,11,14-16H,7-10,13H2,1-3H3;/q2*-1;. The fourth-order valence-corrected chi connectivity index (χ4v) is 12.8. The van der Waals surface area contributed by atoms with Crippen LogP contribution < -0.4 is 4.40 Å². The zero-order valence-electron chi connectivity index (χ0n) is 38.4. The zero-order valence-corrected chi connectivity index (χ0v) is 42.9. The molecule has 1 fully saturated rings. The van der Waals surface area contributed by atoms with Gasteiger partial charge in [-0.25, -0.2) is 4.98 Å². The number of imidazole rings is 1. The number of furan rings is 1. The first kappa shape index (κ1) is 45.4. The van der Waals surface area contributed by atoms with Crippen LogP contribution in [0.15, 0.2) is 132 Å². The summed E-state index contributed by atoms with van der Waals surface area (Å²) in [5.74, 6) is 9.72. The molecule has 4 heterocycles. The number of nitrogens with zero attached hydrogens (tertiary/aromatic N) is 4. The van der Waals surface area contributed by atoms with Crippen LogP contribution in [0.3, 0.4) is 0 Å². The summed E-state index contributed by atoms with van der Waals surface area (Å²) < 4.78 is 10.4. The van der Waals surface area contributed by atoms with Gasteiger partial charge in [0.15, 0.2) is 0 Å². The van der Waals surface area contributed by atoms with Gasteiger partial charge < -0.3 is 8.98 Å². The molecule has 1 aliphatic carbocycles. The van der Waals surface area contributed by atoms with Crippen LogP contribution in [-0.4, -0.2) is 32.8 Å². The average molecular weight is 1080 g/mol. The van der Waals surface area contributed by atoms with E-state index in [9.17, 15) is 0 Å². The number of benzene rings is 5. The van der Waals surface area contributed by atoms with Gasteiger partial charge in [-0.3, -0.25) is 4.98 Å². The van der Waals surface area contributed by atoms with Gasteiger partial charge in [-0.1, -0.05) is 81.1 Å². The molecule has 0 amide bonds. The molecule has 1 radical (unpaired) electrons. The topological polar surface area (TPSA) is 56.7 Å². The van der Waals surface area contributed by atoms with Gasteiger partial charge in [-0.05, 0) is 77.4 Å². The first-order chi connectivity index (χ1) is 30.4. The van der Waals surface area contributed by atoms with E-state index in [0.29, 0.717) is 17.5 Å². The fourth-order valence-electron chi connectivity index (χ4n) is 9.48. The maximum Gasteiger partial charge on any atom is 0 e. The van der Waals surface area contributed by atoms with Crippen LogP contribution in [0, 0.1) is 25.0 Å². The average Bonchev–Trinajstić information content (AvgIpc) is 4.04. The summed E-state index contributed by atoms with van der Waals surface area (Å²) in [6.07, 6.45) is 9.08. The smallest absolute Gasteiger partial charge is 0 e. The Balaban J connectivity index is 0.000000206. The van der Waals surface area contributed by atoms with Gasteiger partial charge in [0.2, 0.25) is 5.71 Å². The number of pyridine rings is 2. The number of fused-ring (bicyclic) bond motifs is 4. The number of hydrogen-bond acceptors (Lipinski definition) is 4. The molecule has 0 N–H and O–H groups in total. The maximum absolute atomic E-state index is 6.44. The molecule has 9 aromatic rings. The SMILES string of the molecule is Cc1ccc2c(n1)oc1c(-c3nc4ccccc4n3-c3c(C(C)C)cc(-c4ccccc4)cc3C(C)C)[c-]ccc12.[CH3][Ge]([CH3])([CH3])[c]1cnc(-c2[c-]cccc2)cc1CC1CCCC1.[Ir]. The zero-order chi connectivity index (χ0) is 43.8. The minimum Gasteiger partial charge on any atom is 0 e. The Morgan fingerprint density at radius 1 is 0.734 bits per heavy atom. The van der Waals surface area contributed by atoms with Gasteiger partial charge in [0.05, 0.1) is 22.4 Å². The summed E-state index contributed by atoms with van der Waals surface area (Å²) >= 11 is -1.87. The normalized spacial score (nSPS) is 13.2. The van der Waals surface area contributed by atoms with Crippen molar-refractivity contribution in [2.24, 2.45) is 5.92 Å². The molecular formula is C57H58GeIrN4O-2. The molecule has 0 unspecified atom stereocenters. The van der Waals surface area contributed by atoms with Crippen molar-refractivity contribution in [3.05, 3.63) is 162 Å². The van der Waals surface area contributed by atoms with Gasteiger partial charge in [-0.2, -0.15) is 0 Å². The molecule has 5 aromatic carbocycles. The number of hydrogen-bond donors (Lipinski definition) is 0. The first-order valence-electron chi connectivity index (χ1n) is 22.8.